The van der Waals surface area contributed by atoms with Gasteiger partial charge in [-0.05, 0) is 49.6 Å². The first-order chi connectivity index (χ1) is 16.2. The van der Waals surface area contributed by atoms with Crippen LogP contribution in [-0.4, -0.2) is 46.4 Å². The number of nitrogens with zero attached hydrogens (tertiary/aromatic N) is 1. The summed E-state index contributed by atoms with van der Waals surface area (Å²) in [4.78, 5) is 49.5. The summed E-state index contributed by atoms with van der Waals surface area (Å²) in [5.41, 5.74) is 3.25. The molecule has 0 saturated carbocycles. The van der Waals surface area contributed by atoms with Crippen molar-refractivity contribution in [2.75, 3.05) is 17.2 Å². The zero-order valence-corrected chi connectivity index (χ0v) is 19.3. The molecular formula is C25H30N4O5. The summed E-state index contributed by atoms with van der Waals surface area (Å²) in [6, 6.07) is 14.0. The number of anilines is 2. The van der Waals surface area contributed by atoms with Crippen LogP contribution >= 0.6 is 0 Å². The molecule has 2 atom stereocenters. The second-order valence-corrected chi connectivity index (χ2v) is 8.61. The third-order valence-corrected chi connectivity index (χ3v) is 5.71. The molecule has 9 heteroatoms. The van der Waals surface area contributed by atoms with Crippen LogP contribution in [0.4, 0.5) is 16.2 Å². The summed E-state index contributed by atoms with van der Waals surface area (Å²) >= 11 is 0. The number of urea groups is 1. The minimum Gasteiger partial charge on any atom is -0.481 e. The minimum atomic E-state index is -0.982. The third-order valence-electron chi connectivity index (χ3n) is 5.71. The predicted octanol–water partition coefficient (Wildman–Crippen LogP) is 3.36. The van der Waals surface area contributed by atoms with Crippen LogP contribution in [0.3, 0.4) is 0 Å². The minimum absolute atomic E-state index is 0.0537. The monoisotopic (exact) mass is 466 g/mol. The maximum atomic E-state index is 12.7. The summed E-state index contributed by atoms with van der Waals surface area (Å²) in [7, 11) is 0. The van der Waals surface area contributed by atoms with E-state index in [4.69, 9.17) is 5.11 Å². The number of aryl methyl sites for hydroxylation is 1. The number of hydrogen-bond acceptors (Lipinski definition) is 4. The smallest absolute Gasteiger partial charge is 0.323 e. The van der Waals surface area contributed by atoms with Gasteiger partial charge in [0.1, 0.15) is 0 Å². The van der Waals surface area contributed by atoms with Gasteiger partial charge in [-0.1, -0.05) is 30.3 Å². The number of benzene rings is 2. The van der Waals surface area contributed by atoms with E-state index in [1.165, 1.54) is 0 Å². The molecule has 2 aromatic carbocycles. The highest BCUT2D eigenvalue weighted by Gasteiger charge is 2.33. The van der Waals surface area contributed by atoms with Crippen LogP contribution in [0.1, 0.15) is 37.3 Å². The van der Waals surface area contributed by atoms with Crippen LogP contribution in [0.2, 0.25) is 0 Å². The summed E-state index contributed by atoms with van der Waals surface area (Å²) in [6.45, 7) is 4.52. The Morgan fingerprint density at radius 3 is 2.47 bits per heavy atom. The number of para-hydroxylation sites is 1. The van der Waals surface area contributed by atoms with Crippen molar-refractivity contribution in [2.24, 2.45) is 5.92 Å². The molecule has 0 spiro atoms. The molecule has 0 radical (unpaired) electrons. The molecule has 3 rings (SSSR count). The molecule has 0 bridgehead atoms. The van der Waals surface area contributed by atoms with Gasteiger partial charge in [0.25, 0.3) is 0 Å². The average Bonchev–Trinajstić information content (AvgIpc) is 3.09. The zero-order valence-electron chi connectivity index (χ0n) is 19.3. The van der Waals surface area contributed by atoms with Crippen molar-refractivity contribution >= 4 is 35.2 Å². The van der Waals surface area contributed by atoms with Gasteiger partial charge in [-0.3, -0.25) is 14.4 Å². The number of aliphatic carboxylic acids is 1. The summed E-state index contributed by atoms with van der Waals surface area (Å²) in [5.74, 6) is -1.78. The van der Waals surface area contributed by atoms with Crippen LogP contribution in [0.25, 0.3) is 0 Å². The first kappa shape index (κ1) is 24.8. The highest BCUT2D eigenvalue weighted by atomic mass is 16.4. The first-order valence-corrected chi connectivity index (χ1v) is 11.2. The van der Waals surface area contributed by atoms with Crippen LogP contribution < -0.4 is 16.0 Å². The molecule has 34 heavy (non-hydrogen) atoms. The van der Waals surface area contributed by atoms with Crippen molar-refractivity contribution in [2.45, 2.75) is 45.7 Å². The van der Waals surface area contributed by atoms with E-state index in [1.54, 1.807) is 24.0 Å². The lowest BCUT2D eigenvalue weighted by Crippen LogP contribution is -2.36. The molecule has 4 amide bonds. The van der Waals surface area contributed by atoms with Gasteiger partial charge in [0.05, 0.1) is 6.42 Å². The van der Waals surface area contributed by atoms with Crippen LogP contribution in [0, 0.1) is 12.8 Å². The summed E-state index contributed by atoms with van der Waals surface area (Å²) in [5, 5.41) is 17.0. The van der Waals surface area contributed by atoms with Gasteiger partial charge in [0.2, 0.25) is 11.8 Å². The Balaban J connectivity index is 1.47. The van der Waals surface area contributed by atoms with E-state index in [1.807, 2.05) is 43.3 Å². The van der Waals surface area contributed by atoms with Gasteiger partial charge in [0.15, 0.2) is 0 Å². The van der Waals surface area contributed by atoms with Gasteiger partial charge < -0.3 is 26.0 Å². The molecule has 2 aromatic rings. The molecule has 1 heterocycles. The third kappa shape index (κ3) is 7.06. The van der Waals surface area contributed by atoms with Crippen molar-refractivity contribution in [1.29, 1.82) is 0 Å². The molecule has 0 aromatic heterocycles. The second kappa shape index (κ2) is 11.3. The Hall–Kier alpha value is -3.88. The Morgan fingerprint density at radius 1 is 1.09 bits per heavy atom. The maximum Gasteiger partial charge on any atom is 0.323 e. The lowest BCUT2D eigenvalue weighted by Gasteiger charge is -2.18. The molecule has 0 aliphatic carbocycles. The van der Waals surface area contributed by atoms with Crippen molar-refractivity contribution < 1.29 is 24.3 Å². The van der Waals surface area contributed by atoms with Crippen molar-refractivity contribution in [3.8, 4) is 0 Å². The van der Waals surface area contributed by atoms with Gasteiger partial charge in [-0.15, -0.1) is 0 Å². The Labute approximate surface area is 198 Å². The fourth-order valence-electron chi connectivity index (χ4n) is 3.93. The largest absolute Gasteiger partial charge is 0.481 e. The van der Waals surface area contributed by atoms with E-state index in [0.29, 0.717) is 25.2 Å². The molecule has 4 N–H and O–H groups in total. The van der Waals surface area contributed by atoms with Crippen LogP contribution in [0.15, 0.2) is 48.5 Å². The number of hydrogen-bond donors (Lipinski definition) is 4. The zero-order chi connectivity index (χ0) is 24.7. The number of carboxylic acids is 1. The highest BCUT2D eigenvalue weighted by Crippen LogP contribution is 2.24. The number of amides is 4. The molecule has 1 saturated heterocycles. The van der Waals surface area contributed by atoms with E-state index in [2.05, 4.69) is 16.0 Å². The number of likely N-dealkylation sites (tertiary alicyclic amines) is 1. The molecule has 1 fully saturated rings. The predicted molar refractivity (Wildman–Crippen MR) is 128 cm³/mol. The van der Waals surface area contributed by atoms with Crippen LogP contribution in [-0.2, 0) is 20.9 Å². The van der Waals surface area contributed by atoms with E-state index in [9.17, 15) is 19.2 Å². The van der Waals surface area contributed by atoms with Gasteiger partial charge in [0, 0.05) is 42.8 Å². The number of carbonyl (C=O) groups excluding carboxylic acids is 3. The summed E-state index contributed by atoms with van der Waals surface area (Å²) < 4.78 is 0. The Kier molecular flexibility index (Phi) is 8.24. The van der Waals surface area contributed by atoms with E-state index in [0.717, 1.165) is 16.8 Å². The van der Waals surface area contributed by atoms with Gasteiger partial charge in [-0.25, -0.2) is 4.79 Å². The number of rotatable bonds is 9. The van der Waals surface area contributed by atoms with E-state index < -0.39 is 17.9 Å². The van der Waals surface area contributed by atoms with Crippen molar-refractivity contribution in [3.63, 3.8) is 0 Å². The van der Waals surface area contributed by atoms with Crippen molar-refractivity contribution in [3.05, 3.63) is 59.7 Å². The van der Waals surface area contributed by atoms with E-state index >= 15 is 0 Å². The number of carboxylic acid groups (broad SMARTS) is 1. The lowest BCUT2D eigenvalue weighted by molar-refractivity contribution is -0.138. The number of nitrogens with one attached hydrogen (secondary N) is 3. The maximum absolute atomic E-state index is 12.7. The fourth-order valence-corrected chi connectivity index (χ4v) is 3.93. The van der Waals surface area contributed by atoms with E-state index in [-0.39, 0.29) is 30.7 Å². The molecule has 9 nitrogen and oxygen atoms in total. The molecule has 1 aliphatic heterocycles. The molecule has 180 valence electrons. The number of carbonyl (C=O) groups is 4. The fraction of sp³-hybridized carbons (Fsp3) is 0.360. The molecule has 0 unspecified atom stereocenters. The lowest BCUT2D eigenvalue weighted by atomic mass is 10.0. The second-order valence-electron chi connectivity index (χ2n) is 8.61. The van der Waals surface area contributed by atoms with Gasteiger partial charge >= 0.3 is 12.0 Å². The van der Waals surface area contributed by atoms with Crippen molar-refractivity contribution in [1.82, 2.24) is 10.2 Å². The summed E-state index contributed by atoms with van der Waals surface area (Å²) in [6.07, 6.45) is 0.477. The standard InChI is InChI=1S/C25H30N4O5/c1-16-5-3-4-6-21(16)28-25(34)27-20-9-7-18(8-10-20)15-29-12-11-19(24(29)33)14-22(30)26-17(2)13-23(31)32/h3-10,17,19H,11-15H2,1-2H3,(H,26,30)(H,31,32)(H2,27,28,34)/t17-,19-/m1/s1. The Morgan fingerprint density at radius 2 is 1.79 bits per heavy atom. The van der Waals surface area contributed by atoms with Crippen LogP contribution in [0.5, 0.6) is 0 Å². The van der Waals surface area contributed by atoms with Gasteiger partial charge in [-0.2, -0.15) is 0 Å². The SMILES string of the molecule is Cc1ccccc1NC(=O)Nc1ccc(CN2CC[C@H](CC(=O)N[C@H](C)CC(=O)O)C2=O)cc1. The highest BCUT2D eigenvalue weighted by molar-refractivity contribution is 6.00. The molecular weight excluding hydrogens is 436 g/mol. The topological polar surface area (TPSA) is 128 Å². The average molecular weight is 467 g/mol. The normalized spacial score (nSPS) is 16.1. The Bertz CT molecular complexity index is 1050. The first-order valence-electron chi connectivity index (χ1n) is 11.2. The quantitative estimate of drug-likeness (QED) is 0.451. The molecule has 1 aliphatic rings.